The summed E-state index contributed by atoms with van der Waals surface area (Å²) in [5.74, 6) is -0.314. The van der Waals surface area contributed by atoms with E-state index in [0.29, 0.717) is 11.3 Å². The summed E-state index contributed by atoms with van der Waals surface area (Å²) in [6.45, 7) is 1.84. The van der Waals surface area contributed by atoms with Crippen molar-refractivity contribution in [2.24, 2.45) is 0 Å². The van der Waals surface area contributed by atoms with Gasteiger partial charge in [-0.25, -0.2) is 4.39 Å². The van der Waals surface area contributed by atoms with Gasteiger partial charge >= 0.3 is 0 Å². The van der Waals surface area contributed by atoms with E-state index in [1.807, 2.05) is 6.92 Å². The van der Waals surface area contributed by atoms with Gasteiger partial charge in [0.2, 0.25) is 0 Å². The number of anilines is 1. The predicted molar refractivity (Wildman–Crippen MR) is 74.8 cm³/mol. The molecule has 0 aliphatic rings. The van der Waals surface area contributed by atoms with Gasteiger partial charge in [0.1, 0.15) is 11.5 Å². The summed E-state index contributed by atoms with van der Waals surface area (Å²) in [5, 5.41) is 22.0. The van der Waals surface area contributed by atoms with Crippen molar-refractivity contribution in [2.75, 3.05) is 12.4 Å². The van der Waals surface area contributed by atoms with Crippen LogP contribution in [0.5, 0.6) is 17.2 Å². The summed E-state index contributed by atoms with van der Waals surface area (Å²) in [5.41, 5.74) is 1.28. The average Bonchev–Trinajstić information content (AvgIpc) is 2.37. The lowest BCUT2D eigenvalue weighted by atomic mass is 10.1. The first-order chi connectivity index (χ1) is 9.49. The number of benzene rings is 2. The highest BCUT2D eigenvalue weighted by Gasteiger charge is 2.10. The van der Waals surface area contributed by atoms with E-state index in [4.69, 9.17) is 4.74 Å². The van der Waals surface area contributed by atoms with Crippen molar-refractivity contribution in [2.45, 2.75) is 13.0 Å². The lowest BCUT2D eigenvalue weighted by Gasteiger charge is -2.17. The van der Waals surface area contributed by atoms with Crippen molar-refractivity contribution in [3.63, 3.8) is 0 Å². The Kier molecular flexibility index (Phi) is 3.98. The number of rotatable bonds is 4. The molecule has 5 heteroatoms. The Balaban J connectivity index is 2.18. The quantitative estimate of drug-likeness (QED) is 0.801. The van der Waals surface area contributed by atoms with Gasteiger partial charge in [0.25, 0.3) is 0 Å². The lowest BCUT2D eigenvalue weighted by molar-refractivity contribution is 0.386. The van der Waals surface area contributed by atoms with Crippen LogP contribution < -0.4 is 10.1 Å². The van der Waals surface area contributed by atoms with Crippen LogP contribution in [0.1, 0.15) is 18.5 Å². The molecule has 3 N–H and O–H groups in total. The maximum atomic E-state index is 13.6. The van der Waals surface area contributed by atoms with Crippen LogP contribution in [0.2, 0.25) is 0 Å². The van der Waals surface area contributed by atoms with Crippen LogP contribution in [0.4, 0.5) is 10.1 Å². The predicted octanol–water partition coefficient (Wildman–Crippen LogP) is 3.42. The minimum atomic E-state index is -0.455. The topological polar surface area (TPSA) is 61.7 Å². The number of hydrogen-bond acceptors (Lipinski definition) is 4. The average molecular weight is 277 g/mol. The second-order valence-corrected chi connectivity index (χ2v) is 4.50. The minimum absolute atomic E-state index is 0.0189. The molecule has 2 rings (SSSR count). The van der Waals surface area contributed by atoms with Crippen LogP contribution in [-0.4, -0.2) is 17.3 Å². The van der Waals surface area contributed by atoms with Crippen molar-refractivity contribution in [3.05, 3.63) is 47.8 Å². The molecule has 0 fully saturated rings. The Hall–Kier alpha value is -2.43. The molecule has 0 saturated carbocycles. The molecule has 0 bridgehead atoms. The molecule has 1 atom stereocenters. The van der Waals surface area contributed by atoms with E-state index in [1.54, 1.807) is 6.07 Å². The second-order valence-electron chi connectivity index (χ2n) is 4.50. The monoisotopic (exact) mass is 277 g/mol. The van der Waals surface area contributed by atoms with Gasteiger partial charge in [-0.15, -0.1) is 0 Å². The summed E-state index contributed by atoms with van der Waals surface area (Å²) in [7, 11) is 1.41. The molecule has 4 nitrogen and oxygen atoms in total. The van der Waals surface area contributed by atoms with E-state index in [2.05, 4.69) is 5.32 Å². The molecule has 0 aliphatic heterocycles. The number of aromatic hydroxyl groups is 2. The molecule has 2 aromatic carbocycles. The minimum Gasteiger partial charge on any atom is -0.508 e. The fraction of sp³-hybridized carbons (Fsp3) is 0.200. The van der Waals surface area contributed by atoms with E-state index in [9.17, 15) is 14.6 Å². The van der Waals surface area contributed by atoms with Crippen LogP contribution in [0.25, 0.3) is 0 Å². The highest BCUT2D eigenvalue weighted by atomic mass is 19.1. The number of phenolic OH excluding ortho intramolecular Hbond substituents is 2. The molecule has 20 heavy (non-hydrogen) atoms. The summed E-state index contributed by atoms with van der Waals surface area (Å²) >= 11 is 0. The van der Waals surface area contributed by atoms with E-state index in [0.717, 1.165) is 0 Å². The largest absolute Gasteiger partial charge is 0.508 e. The first-order valence-electron chi connectivity index (χ1n) is 6.12. The number of nitrogens with one attached hydrogen (secondary N) is 1. The van der Waals surface area contributed by atoms with Gasteiger partial charge in [0.15, 0.2) is 11.6 Å². The van der Waals surface area contributed by atoms with Gasteiger partial charge in [-0.1, -0.05) is 0 Å². The Labute approximate surface area is 116 Å². The number of ether oxygens (including phenoxy) is 1. The number of hydrogen-bond donors (Lipinski definition) is 3. The van der Waals surface area contributed by atoms with Crippen LogP contribution in [0.15, 0.2) is 36.4 Å². The third-order valence-electron chi connectivity index (χ3n) is 2.96. The van der Waals surface area contributed by atoms with Gasteiger partial charge in [0, 0.05) is 23.9 Å². The Morgan fingerprint density at radius 2 is 1.75 bits per heavy atom. The van der Waals surface area contributed by atoms with Crippen LogP contribution >= 0.6 is 0 Å². The molecular formula is C15H16FNO3. The second kappa shape index (κ2) is 5.69. The van der Waals surface area contributed by atoms with Gasteiger partial charge in [-0.05, 0) is 36.8 Å². The Morgan fingerprint density at radius 3 is 2.30 bits per heavy atom. The van der Waals surface area contributed by atoms with Crippen LogP contribution in [-0.2, 0) is 0 Å². The summed E-state index contributed by atoms with van der Waals surface area (Å²) in [6, 6.07) is 8.68. The van der Waals surface area contributed by atoms with Crippen LogP contribution in [0.3, 0.4) is 0 Å². The van der Waals surface area contributed by atoms with Gasteiger partial charge in [-0.2, -0.15) is 0 Å². The highest BCUT2D eigenvalue weighted by Crippen LogP contribution is 2.28. The van der Waals surface area contributed by atoms with E-state index >= 15 is 0 Å². The zero-order valence-electron chi connectivity index (χ0n) is 11.2. The fourth-order valence-electron chi connectivity index (χ4n) is 1.96. The molecule has 0 aliphatic carbocycles. The molecule has 0 aromatic heterocycles. The maximum absolute atomic E-state index is 13.6. The molecule has 0 radical (unpaired) electrons. The zero-order valence-corrected chi connectivity index (χ0v) is 11.2. The molecule has 0 heterocycles. The highest BCUT2D eigenvalue weighted by molar-refractivity contribution is 5.50. The Bertz CT molecular complexity index is 596. The summed E-state index contributed by atoms with van der Waals surface area (Å²) < 4.78 is 18.4. The number of phenols is 2. The SMILES string of the molecule is COc1ccc(NC(C)c2cc(O)cc(O)c2)cc1F. The summed E-state index contributed by atoms with van der Waals surface area (Å²) in [6.07, 6.45) is 0. The number of halogens is 1. The molecule has 2 aromatic rings. The van der Waals surface area contributed by atoms with Gasteiger partial charge in [-0.3, -0.25) is 0 Å². The fourth-order valence-corrected chi connectivity index (χ4v) is 1.96. The van der Waals surface area contributed by atoms with E-state index < -0.39 is 5.82 Å². The first-order valence-corrected chi connectivity index (χ1v) is 6.12. The molecule has 1 unspecified atom stereocenters. The van der Waals surface area contributed by atoms with E-state index in [1.165, 1.54) is 37.4 Å². The van der Waals surface area contributed by atoms with E-state index in [-0.39, 0.29) is 23.3 Å². The van der Waals surface area contributed by atoms with Gasteiger partial charge in [0.05, 0.1) is 7.11 Å². The third-order valence-corrected chi connectivity index (χ3v) is 2.96. The van der Waals surface area contributed by atoms with Gasteiger partial charge < -0.3 is 20.3 Å². The van der Waals surface area contributed by atoms with Crippen molar-refractivity contribution < 1.29 is 19.3 Å². The molecule has 106 valence electrons. The molecular weight excluding hydrogens is 261 g/mol. The maximum Gasteiger partial charge on any atom is 0.167 e. The normalized spacial score (nSPS) is 11.9. The third kappa shape index (κ3) is 3.12. The molecule has 0 amide bonds. The first kappa shape index (κ1) is 14.0. The van der Waals surface area contributed by atoms with Crippen LogP contribution in [0, 0.1) is 5.82 Å². The smallest absolute Gasteiger partial charge is 0.167 e. The van der Waals surface area contributed by atoms with Crippen molar-refractivity contribution in [1.29, 1.82) is 0 Å². The van der Waals surface area contributed by atoms with Crippen molar-refractivity contribution in [3.8, 4) is 17.2 Å². The molecule has 0 spiro atoms. The van der Waals surface area contributed by atoms with Crippen molar-refractivity contribution >= 4 is 5.69 Å². The van der Waals surface area contributed by atoms with Crippen molar-refractivity contribution in [1.82, 2.24) is 0 Å². The lowest BCUT2D eigenvalue weighted by Crippen LogP contribution is -2.06. The number of methoxy groups -OCH3 is 1. The Morgan fingerprint density at radius 1 is 1.10 bits per heavy atom. The standard InChI is InChI=1S/C15H16FNO3/c1-9(10-5-12(18)8-13(19)6-10)17-11-3-4-15(20-2)14(16)7-11/h3-9,17-19H,1-2H3. The zero-order chi connectivity index (χ0) is 14.7. The summed E-state index contributed by atoms with van der Waals surface area (Å²) in [4.78, 5) is 0. The molecule has 0 saturated heterocycles.